The van der Waals surface area contributed by atoms with Crippen LogP contribution in [0.5, 0.6) is 0 Å². The molecule has 4 nitrogen and oxygen atoms in total. The normalized spacial score (nSPS) is 17.9. The highest BCUT2D eigenvalue weighted by molar-refractivity contribution is 8.08. The summed E-state index contributed by atoms with van der Waals surface area (Å²) in [6.45, 7) is 3.87. The van der Waals surface area contributed by atoms with Crippen molar-refractivity contribution in [3.05, 3.63) is 82.9 Å². The average molecular weight is 433 g/mol. The van der Waals surface area contributed by atoms with Crippen LogP contribution in [-0.4, -0.2) is 16.8 Å². The Kier molecular flexibility index (Phi) is 3.21. The lowest BCUT2D eigenvalue weighted by Gasteiger charge is -2.11. The smallest absolute Gasteiger partial charge is 0.209 e. The van der Waals surface area contributed by atoms with Gasteiger partial charge in [0, 0.05) is 11.1 Å². The van der Waals surface area contributed by atoms with Crippen molar-refractivity contribution < 1.29 is 16.8 Å². The van der Waals surface area contributed by atoms with E-state index in [1.807, 2.05) is 50.2 Å². The number of aryl methyl sites for hydroxylation is 2. The summed E-state index contributed by atoms with van der Waals surface area (Å²) < 4.78 is 54.1. The van der Waals surface area contributed by atoms with Crippen LogP contribution in [-0.2, 0) is 19.7 Å². The van der Waals surface area contributed by atoms with Crippen LogP contribution >= 0.6 is 0 Å². The molecule has 0 atom stereocenters. The number of hydrogen-bond donors (Lipinski definition) is 0. The number of benzene rings is 4. The summed E-state index contributed by atoms with van der Waals surface area (Å²) >= 11 is 0. The summed E-state index contributed by atoms with van der Waals surface area (Å²) in [6, 6.07) is 18.1. The Bertz CT molecular complexity index is 1600. The fourth-order valence-electron chi connectivity index (χ4n) is 4.59. The molecule has 4 aromatic rings. The van der Waals surface area contributed by atoms with E-state index in [0.29, 0.717) is 0 Å². The van der Waals surface area contributed by atoms with Gasteiger partial charge in [-0.2, -0.15) is 0 Å². The lowest BCUT2D eigenvalue weighted by molar-refractivity contribution is 0.606. The minimum absolute atomic E-state index is 0.0730. The SMILES string of the molecule is Cc1ccc2cc3c(cc2c1)S(=O)(=O)C1=C3S(=O)(=O)c2cc3cc(C)ccc3cc21. The Morgan fingerprint density at radius 1 is 0.500 bits per heavy atom. The lowest BCUT2D eigenvalue weighted by Crippen LogP contribution is -2.04. The number of rotatable bonds is 0. The summed E-state index contributed by atoms with van der Waals surface area (Å²) in [5.41, 5.74) is 2.58. The molecule has 0 unspecified atom stereocenters. The van der Waals surface area contributed by atoms with E-state index in [1.54, 1.807) is 24.3 Å². The van der Waals surface area contributed by atoms with Gasteiger partial charge in [-0.3, -0.25) is 0 Å². The largest absolute Gasteiger partial charge is 0.218 e. The molecule has 0 amide bonds. The molecular formula is C24H16O4S2. The molecule has 0 bridgehead atoms. The maximum absolute atomic E-state index is 13.5. The molecule has 0 aliphatic carbocycles. The number of fused-ring (bicyclic) bond motifs is 6. The van der Waals surface area contributed by atoms with Gasteiger partial charge in [-0.1, -0.05) is 47.5 Å². The molecule has 30 heavy (non-hydrogen) atoms. The first-order valence-electron chi connectivity index (χ1n) is 9.52. The monoisotopic (exact) mass is 432 g/mol. The minimum Gasteiger partial charge on any atom is -0.218 e. The molecule has 0 N–H and O–H groups in total. The molecule has 2 aliphatic heterocycles. The Balaban J connectivity index is 1.73. The molecule has 0 fully saturated rings. The number of sulfone groups is 2. The molecule has 0 spiro atoms. The van der Waals surface area contributed by atoms with Crippen molar-refractivity contribution in [1.82, 2.24) is 0 Å². The van der Waals surface area contributed by atoms with E-state index in [1.165, 1.54) is 0 Å². The van der Waals surface area contributed by atoms with E-state index in [-0.39, 0.29) is 30.7 Å². The van der Waals surface area contributed by atoms with Gasteiger partial charge in [0.2, 0.25) is 19.7 Å². The first kappa shape index (κ1) is 17.9. The predicted molar refractivity (Wildman–Crippen MR) is 119 cm³/mol. The van der Waals surface area contributed by atoms with E-state index in [9.17, 15) is 16.8 Å². The van der Waals surface area contributed by atoms with E-state index in [4.69, 9.17) is 0 Å². The van der Waals surface area contributed by atoms with Crippen molar-refractivity contribution in [1.29, 1.82) is 0 Å². The van der Waals surface area contributed by atoms with Crippen molar-refractivity contribution in [3.8, 4) is 0 Å². The van der Waals surface area contributed by atoms with Crippen molar-refractivity contribution in [2.75, 3.05) is 0 Å². The van der Waals surface area contributed by atoms with Crippen molar-refractivity contribution in [2.45, 2.75) is 23.6 Å². The second kappa shape index (κ2) is 5.39. The zero-order valence-corrected chi connectivity index (χ0v) is 17.9. The minimum atomic E-state index is -3.95. The maximum atomic E-state index is 13.5. The van der Waals surface area contributed by atoms with Gasteiger partial charge < -0.3 is 0 Å². The average Bonchev–Trinajstić information content (AvgIpc) is 3.06. The standard InChI is InChI=1S/C24H16O4S2/c1-13-3-5-15-9-19-21(11-17(15)7-13)29(25,26)24-20-10-16-6-4-14(2)8-18(16)12-22(20)30(27,28)23(19)24/h3-12H,1-2H3. The summed E-state index contributed by atoms with van der Waals surface area (Å²) in [6.07, 6.45) is 0. The van der Waals surface area contributed by atoms with E-state index in [0.717, 1.165) is 32.7 Å². The Morgan fingerprint density at radius 2 is 0.900 bits per heavy atom. The molecule has 2 heterocycles. The van der Waals surface area contributed by atoms with Crippen LogP contribution in [0, 0.1) is 13.8 Å². The van der Waals surface area contributed by atoms with Crippen molar-refractivity contribution in [2.24, 2.45) is 0 Å². The molecular weight excluding hydrogens is 416 g/mol. The first-order chi connectivity index (χ1) is 14.2. The summed E-state index contributed by atoms with van der Waals surface area (Å²) in [5.74, 6) is 0. The van der Waals surface area contributed by atoms with Crippen LogP contribution in [0.4, 0.5) is 0 Å². The Morgan fingerprint density at radius 3 is 1.30 bits per heavy atom. The summed E-state index contributed by atoms with van der Waals surface area (Å²) in [4.78, 5) is -0.0170. The van der Waals surface area contributed by atoms with Gasteiger partial charge in [-0.25, -0.2) is 16.8 Å². The third-order valence-corrected chi connectivity index (χ3v) is 9.89. The van der Waals surface area contributed by atoms with Crippen LogP contribution in [0.1, 0.15) is 22.3 Å². The maximum Gasteiger partial charge on any atom is 0.209 e. The van der Waals surface area contributed by atoms with Gasteiger partial charge in [0.1, 0.15) is 0 Å². The van der Waals surface area contributed by atoms with E-state index >= 15 is 0 Å². The van der Waals surface area contributed by atoms with Crippen LogP contribution in [0.2, 0.25) is 0 Å². The van der Waals surface area contributed by atoms with Gasteiger partial charge >= 0.3 is 0 Å². The predicted octanol–water partition coefficient (Wildman–Crippen LogP) is 5.01. The molecule has 6 rings (SSSR count). The van der Waals surface area contributed by atoms with Crippen molar-refractivity contribution in [3.63, 3.8) is 0 Å². The highest BCUT2D eigenvalue weighted by Crippen LogP contribution is 2.55. The van der Waals surface area contributed by atoms with Gasteiger partial charge in [0.05, 0.1) is 19.6 Å². The third-order valence-electron chi connectivity index (χ3n) is 6.00. The number of hydrogen-bond acceptors (Lipinski definition) is 4. The van der Waals surface area contributed by atoms with Gasteiger partial charge in [-0.05, 0) is 59.7 Å². The van der Waals surface area contributed by atoms with Crippen molar-refractivity contribution >= 4 is 51.0 Å². The zero-order chi connectivity index (χ0) is 21.0. The molecule has 0 saturated carbocycles. The molecule has 148 valence electrons. The van der Waals surface area contributed by atoms with Crippen LogP contribution in [0.25, 0.3) is 31.4 Å². The second-order valence-corrected chi connectivity index (χ2v) is 11.8. The molecule has 6 heteroatoms. The molecule has 0 saturated heterocycles. The second-order valence-electron chi connectivity index (χ2n) is 8.06. The third kappa shape index (κ3) is 2.10. The topological polar surface area (TPSA) is 68.3 Å². The molecule has 0 radical (unpaired) electrons. The molecule has 0 aromatic heterocycles. The van der Waals surface area contributed by atoms with Gasteiger partial charge in [0.15, 0.2) is 0 Å². The Labute approximate surface area is 174 Å². The summed E-state index contributed by atoms with van der Waals surface area (Å²) in [5, 5.41) is 3.20. The van der Waals surface area contributed by atoms with Gasteiger partial charge in [-0.15, -0.1) is 0 Å². The zero-order valence-electron chi connectivity index (χ0n) is 16.2. The molecule has 4 aromatic carbocycles. The quantitative estimate of drug-likeness (QED) is 0.392. The highest BCUT2D eigenvalue weighted by atomic mass is 32.2. The summed E-state index contributed by atoms with van der Waals surface area (Å²) in [7, 11) is -7.90. The first-order valence-corrected chi connectivity index (χ1v) is 12.5. The van der Waals surface area contributed by atoms with E-state index in [2.05, 4.69) is 0 Å². The molecule has 2 aliphatic rings. The van der Waals surface area contributed by atoms with Gasteiger partial charge in [0.25, 0.3) is 0 Å². The van der Waals surface area contributed by atoms with E-state index < -0.39 is 19.7 Å². The van der Waals surface area contributed by atoms with Crippen LogP contribution in [0.3, 0.4) is 0 Å². The fraction of sp³-hybridized carbons (Fsp3) is 0.0833. The van der Waals surface area contributed by atoms with Crippen LogP contribution in [0.15, 0.2) is 70.5 Å². The van der Waals surface area contributed by atoms with Crippen LogP contribution < -0.4 is 0 Å². The lowest BCUT2D eigenvalue weighted by atomic mass is 10.0. The Hall–Kier alpha value is -2.96. The fourth-order valence-corrected chi connectivity index (χ4v) is 8.91. The highest BCUT2D eigenvalue weighted by Gasteiger charge is 2.49.